The van der Waals surface area contributed by atoms with E-state index in [0.717, 1.165) is 18.5 Å². The number of aromatic carboxylic acids is 1. The number of aromatic nitrogens is 2. The van der Waals surface area contributed by atoms with E-state index in [9.17, 15) is 9.90 Å². The monoisotopic (exact) mass is 285 g/mol. The molecule has 2 aromatic rings. The van der Waals surface area contributed by atoms with E-state index in [4.69, 9.17) is 0 Å². The summed E-state index contributed by atoms with van der Waals surface area (Å²) in [6, 6.07) is 8.43. The van der Waals surface area contributed by atoms with E-state index in [1.807, 2.05) is 12.1 Å². The molecule has 2 heterocycles. The lowest BCUT2D eigenvalue weighted by molar-refractivity contribution is 0.0697. The molecule has 1 aromatic carbocycles. The molecule has 1 aliphatic heterocycles. The Morgan fingerprint density at radius 1 is 1.38 bits per heavy atom. The van der Waals surface area contributed by atoms with Gasteiger partial charge in [0.05, 0.1) is 5.69 Å². The van der Waals surface area contributed by atoms with Gasteiger partial charge in [-0.05, 0) is 38.3 Å². The molecule has 1 aromatic heterocycles. The van der Waals surface area contributed by atoms with E-state index in [-0.39, 0.29) is 6.04 Å². The zero-order valence-corrected chi connectivity index (χ0v) is 12.5. The van der Waals surface area contributed by atoms with Crippen molar-refractivity contribution in [1.29, 1.82) is 0 Å². The van der Waals surface area contributed by atoms with Crippen LogP contribution in [0.1, 0.15) is 35.0 Å². The van der Waals surface area contributed by atoms with E-state index in [0.29, 0.717) is 17.1 Å². The molecular formula is C16H19N3O2. The molecule has 0 radical (unpaired) electrons. The number of anilines is 2. The van der Waals surface area contributed by atoms with Crippen LogP contribution in [0, 0.1) is 6.92 Å². The first kappa shape index (κ1) is 13.7. The summed E-state index contributed by atoms with van der Waals surface area (Å²) in [6.07, 6.45) is 2.02. The van der Waals surface area contributed by atoms with E-state index >= 15 is 0 Å². The van der Waals surface area contributed by atoms with Gasteiger partial charge in [0.1, 0.15) is 11.4 Å². The highest BCUT2D eigenvalue weighted by molar-refractivity contribution is 5.96. The number of rotatable bonds is 2. The maximum atomic E-state index is 11.6. The van der Waals surface area contributed by atoms with Crippen LogP contribution >= 0.6 is 0 Å². The first-order valence-electron chi connectivity index (χ1n) is 7.14. The third-order valence-electron chi connectivity index (χ3n) is 4.16. The highest BCUT2D eigenvalue weighted by atomic mass is 16.4. The third kappa shape index (κ3) is 2.09. The van der Waals surface area contributed by atoms with Gasteiger partial charge in [0, 0.05) is 18.8 Å². The van der Waals surface area contributed by atoms with E-state index in [1.165, 1.54) is 5.56 Å². The van der Waals surface area contributed by atoms with Gasteiger partial charge in [0.15, 0.2) is 0 Å². The van der Waals surface area contributed by atoms with Crippen LogP contribution in [-0.4, -0.2) is 26.9 Å². The second-order valence-corrected chi connectivity index (χ2v) is 5.60. The predicted molar refractivity (Wildman–Crippen MR) is 81.3 cm³/mol. The Morgan fingerprint density at radius 2 is 2.10 bits per heavy atom. The number of aryl methyl sites for hydroxylation is 3. The van der Waals surface area contributed by atoms with Gasteiger partial charge >= 0.3 is 5.97 Å². The SMILES string of the molecule is Cc1nn(C)c(N2c3ccccc3CCC2C)c1C(=O)O. The number of benzene rings is 1. The molecule has 1 N–H and O–H groups in total. The first-order chi connectivity index (χ1) is 10.0. The minimum atomic E-state index is -0.925. The predicted octanol–water partition coefficient (Wildman–Crippen LogP) is 2.90. The third-order valence-corrected chi connectivity index (χ3v) is 4.16. The fraction of sp³-hybridized carbons (Fsp3) is 0.375. The molecule has 1 atom stereocenters. The van der Waals surface area contributed by atoms with Crippen LogP contribution in [0.2, 0.25) is 0 Å². The van der Waals surface area contributed by atoms with Gasteiger partial charge in [-0.2, -0.15) is 5.10 Å². The van der Waals surface area contributed by atoms with Crippen molar-refractivity contribution in [3.63, 3.8) is 0 Å². The average molecular weight is 285 g/mol. The fourth-order valence-electron chi connectivity index (χ4n) is 3.18. The summed E-state index contributed by atoms with van der Waals surface area (Å²) >= 11 is 0. The van der Waals surface area contributed by atoms with Crippen molar-refractivity contribution in [2.24, 2.45) is 7.05 Å². The molecule has 0 bridgehead atoms. The Balaban J connectivity index is 2.23. The Bertz CT molecular complexity index is 706. The Hall–Kier alpha value is -2.30. The standard InChI is InChI=1S/C16H19N3O2/c1-10-8-9-12-6-4-5-7-13(12)19(10)15-14(16(20)21)11(2)17-18(15)3/h4-7,10H,8-9H2,1-3H3,(H,20,21). The average Bonchev–Trinajstić information content (AvgIpc) is 2.73. The minimum Gasteiger partial charge on any atom is -0.477 e. The van der Waals surface area contributed by atoms with Gasteiger partial charge in [0.2, 0.25) is 0 Å². The first-order valence-corrected chi connectivity index (χ1v) is 7.14. The quantitative estimate of drug-likeness (QED) is 0.921. The van der Waals surface area contributed by atoms with E-state index < -0.39 is 5.97 Å². The molecule has 1 aliphatic rings. The number of hydrogen-bond donors (Lipinski definition) is 1. The zero-order chi connectivity index (χ0) is 15.1. The molecule has 5 nitrogen and oxygen atoms in total. The lowest BCUT2D eigenvalue weighted by Crippen LogP contribution is -2.35. The summed E-state index contributed by atoms with van der Waals surface area (Å²) in [7, 11) is 1.80. The van der Waals surface area contributed by atoms with Crippen molar-refractivity contribution in [2.45, 2.75) is 32.7 Å². The summed E-state index contributed by atoms with van der Waals surface area (Å²) in [6.45, 7) is 3.87. The summed E-state index contributed by atoms with van der Waals surface area (Å²) in [4.78, 5) is 13.8. The molecule has 0 amide bonds. The topological polar surface area (TPSA) is 58.4 Å². The smallest absolute Gasteiger partial charge is 0.341 e. The van der Waals surface area contributed by atoms with Crippen molar-refractivity contribution >= 4 is 17.5 Å². The van der Waals surface area contributed by atoms with Crippen LogP contribution < -0.4 is 4.90 Å². The Morgan fingerprint density at radius 3 is 2.81 bits per heavy atom. The number of carbonyl (C=O) groups is 1. The zero-order valence-electron chi connectivity index (χ0n) is 12.5. The molecule has 0 aliphatic carbocycles. The number of nitrogens with zero attached hydrogens (tertiary/aromatic N) is 3. The van der Waals surface area contributed by atoms with Gasteiger partial charge < -0.3 is 10.0 Å². The molecule has 5 heteroatoms. The van der Waals surface area contributed by atoms with E-state index in [2.05, 4.69) is 29.1 Å². The molecule has 0 saturated heterocycles. The number of hydrogen-bond acceptors (Lipinski definition) is 3. The molecule has 110 valence electrons. The number of fused-ring (bicyclic) bond motifs is 1. The number of para-hydroxylation sites is 1. The lowest BCUT2D eigenvalue weighted by Gasteiger charge is -2.37. The summed E-state index contributed by atoms with van der Waals surface area (Å²) in [5, 5.41) is 13.9. The highest BCUT2D eigenvalue weighted by Crippen LogP contribution is 2.38. The van der Waals surface area contributed by atoms with Gasteiger partial charge in [0.25, 0.3) is 0 Å². The molecule has 0 saturated carbocycles. The molecule has 21 heavy (non-hydrogen) atoms. The largest absolute Gasteiger partial charge is 0.477 e. The maximum absolute atomic E-state index is 11.6. The minimum absolute atomic E-state index is 0.243. The second kappa shape index (κ2) is 4.91. The Kier molecular flexibility index (Phi) is 3.20. The second-order valence-electron chi connectivity index (χ2n) is 5.60. The van der Waals surface area contributed by atoms with Crippen molar-refractivity contribution in [3.05, 3.63) is 41.1 Å². The number of carboxylic acids is 1. The van der Waals surface area contributed by atoms with Gasteiger partial charge in [-0.25, -0.2) is 4.79 Å². The summed E-state index contributed by atoms with van der Waals surface area (Å²) in [5.74, 6) is -0.259. The molecule has 0 fully saturated rings. The normalized spacial score (nSPS) is 17.7. The molecule has 1 unspecified atom stereocenters. The van der Waals surface area contributed by atoms with Crippen molar-refractivity contribution in [3.8, 4) is 0 Å². The van der Waals surface area contributed by atoms with Gasteiger partial charge in [-0.1, -0.05) is 18.2 Å². The van der Waals surface area contributed by atoms with Gasteiger partial charge in [-0.15, -0.1) is 0 Å². The number of carboxylic acid groups (broad SMARTS) is 1. The van der Waals surface area contributed by atoms with Crippen molar-refractivity contribution in [2.75, 3.05) is 4.90 Å². The highest BCUT2D eigenvalue weighted by Gasteiger charge is 2.31. The van der Waals surface area contributed by atoms with Crippen LogP contribution in [0.5, 0.6) is 0 Å². The van der Waals surface area contributed by atoms with Crippen LogP contribution in [0.15, 0.2) is 24.3 Å². The van der Waals surface area contributed by atoms with E-state index in [1.54, 1.807) is 18.7 Å². The summed E-state index contributed by atoms with van der Waals surface area (Å²) < 4.78 is 1.68. The molecule has 3 rings (SSSR count). The fourth-order valence-corrected chi connectivity index (χ4v) is 3.18. The van der Waals surface area contributed by atoms with Crippen molar-refractivity contribution in [1.82, 2.24) is 9.78 Å². The van der Waals surface area contributed by atoms with Crippen LogP contribution in [0.4, 0.5) is 11.5 Å². The van der Waals surface area contributed by atoms with Crippen LogP contribution in [0.3, 0.4) is 0 Å². The molecular weight excluding hydrogens is 266 g/mol. The summed E-state index contributed by atoms with van der Waals surface area (Å²) in [5.41, 5.74) is 3.18. The molecule has 0 spiro atoms. The van der Waals surface area contributed by atoms with Crippen LogP contribution in [0.25, 0.3) is 0 Å². The van der Waals surface area contributed by atoms with Crippen molar-refractivity contribution < 1.29 is 9.90 Å². The Labute approximate surface area is 123 Å². The maximum Gasteiger partial charge on any atom is 0.341 e. The van der Waals surface area contributed by atoms with Crippen LogP contribution in [-0.2, 0) is 13.5 Å². The van der Waals surface area contributed by atoms with Gasteiger partial charge in [-0.3, -0.25) is 4.68 Å². The lowest BCUT2D eigenvalue weighted by atomic mass is 9.96.